The third kappa shape index (κ3) is 2.11. The highest BCUT2D eigenvalue weighted by molar-refractivity contribution is 5.83. The van der Waals surface area contributed by atoms with E-state index in [2.05, 4.69) is 0 Å². The van der Waals surface area contributed by atoms with E-state index in [-0.39, 0.29) is 5.82 Å². The first-order chi connectivity index (χ1) is 6.77. The second-order valence-corrected chi connectivity index (χ2v) is 2.96. The minimum atomic E-state index is -0.142. The molecule has 0 aliphatic rings. The summed E-state index contributed by atoms with van der Waals surface area (Å²) in [6, 6.07) is 10.9. The molecule has 0 aliphatic carbocycles. The molecule has 0 bridgehead atoms. The van der Waals surface area contributed by atoms with Crippen molar-refractivity contribution in [1.29, 1.82) is 0 Å². The van der Waals surface area contributed by atoms with E-state index >= 15 is 0 Å². The van der Waals surface area contributed by atoms with Gasteiger partial charge in [-0.3, -0.25) is 0 Å². The van der Waals surface area contributed by atoms with Gasteiger partial charge in [-0.15, -0.1) is 0 Å². The smallest absolute Gasteiger partial charge is 0.131 e. The van der Waals surface area contributed by atoms with Crippen LogP contribution in [-0.2, 0) is 0 Å². The van der Waals surface area contributed by atoms with Crippen LogP contribution in [0.25, 0.3) is 10.8 Å². The fraction of sp³-hybridized carbons (Fsp3) is 0.231. The SMILES string of the molecule is CC.Cc1ccc2cccc(F)c2c1. The van der Waals surface area contributed by atoms with E-state index in [0.717, 1.165) is 10.9 Å². The van der Waals surface area contributed by atoms with Crippen molar-refractivity contribution in [2.45, 2.75) is 20.8 Å². The average Bonchev–Trinajstić information content (AvgIpc) is 2.22. The van der Waals surface area contributed by atoms with E-state index in [0.29, 0.717) is 5.39 Å². The van der Waals surface area contributed by atoms with E-state index in [9.17, 15) is 4.39 Å². The number of hydrogen-bond donors (Lipinski definition) is 0. The van der Waals surface area contributed by atoms with Gasteiger partial charge in [0.25, 0.3) is 0 Å². The largest absolute Gasteiger partial charge is 0.206 e. The molecule has 2 aromatic carbocycles. The molecule has 2 aromatic rings. The minimum absolute atomic E-state index is 0.142. The van der Waals surface area contributed by atoms with Crippen molar-refractivity contribution < 1.29 is 4.39 Å². The van der Waals surface area contributed by atoms with Gasteiger partial charge in [-0.05, 0) is 24.4 Å². The molecule has 0 saturated carbocycles. The molecule has 2 rings (SSSR count). The minimum Gasteiger partial charge on any atom is -0.206 e. The third-order valence-corrected chi connectivity index (χ3v) is 1.98. The molecule has 0 fully saturated rings. The Kier molecular flexibility index (Phi) is 3.63. The zero-order chi connectivity index (χ0) is 10.6. The Hall–Kier alpha value is -1.37. The van der Waals surface area contributed by atoms with Crippen molar-refractivity contribution in [3.8, 4) is 0 Å². The van der Waals surface area contributed by atoms with E-state index < -0.39 is 0 Å². The van der Waals surface area contributed by atoms with Crippen LogP contribution < -0.4 is 0 Å². The molecule has 0 spiro atoms. The van der Waals surface area contributed by atoms with E-state index in [1.165, 1.54) is 6.07 Å². The fourth-order valence-corrected chi connectivity index (χ4v) is 1.35. The zero-order valence-electron chi connectivity index (χ0n) is 8.84. The van der Waals surface area contributed by atoms with Crippen LogP contribution in [-0.4, -0.2) is 0 Å². The van der Waals surface area contributed by atoms with Gasteiger partial charge in [0, 0.05) is 5.39 Å². The molecule has 0 N–H and O–H groups in total. The van der Waals surface area contributed by atoms with Crippen molar-refractivity contribution in [2.75, 3.05) is 0 Å². The van der Waals surface area contributed by atoms with Gasteiger partial charge in [0.05, 0.1) is 0 Å². The lowest BCUT2D eigenvalue weighted by Crippen LogP contribution is -1.79. The molecule has 0 saturated heterocycles. The number of hydrogen-bond acceptors (Lipinski definition) is 0. The van der Waals surface area contributed by atoms with Gasteiger partial charge < -0.3 is 0 Å². The highest BCUT2D eigenvalue weighted by Gasteiger charge is 1.98. The first-order valence-electron chi connectivity index (χ1n) is 4.92. The maximum Gasteiger partial charge on any atom is 0.131 e. The molecule has 0 unspecified atom stereocenters. The molecule has 74 valence electrons. The second-order valence-electron chi connectivity index (χ2n) is 2.96. The molecule has 0 amide bonds. The molecule has 0 atom stereocenters. The van der Waals surface area contributed by atoms with Gasteiger partial charge >= 0.3 is 0 Å². The topological polar surface area (TPSA) is 0 Å². The normalized spacial score (nSPS) is 9.43. The zero-order valence-corrected chi connectivity index (χ0v) is 8.84. The highest BCUT2D eigenvalue weighted by Crippen LogP contribution is 2.18. The summed E-state index contributed by atoms with van der Waals surface area (Å²) in [6.45, 7) is 5.96. The van der Waals surface area contributed by atoms with Crippen LogP contribution in [0.1, 0.15) is 19.4 Å². The van der Waals surface area contributed by atoms with Crippen LogP contribution in [0.4, 0.5) is 4.39 Å². The van der Waals surface area contributed by atoms with Crippen LogP contribution in [0.15, 0.2) is 36.4 Å². The summed E-state index contributed by atoms with van der Waals surface area (Å²) in [5.41, 5.74) is 1.09. The van der Waals surface area contributed by atoms with Crippen LogP contribution in [0.3, 0.4) is 0 Å². The molecule has 14 heavy (non-hydrogen) atoms. The van der Waals surface area contributed by atoms with E-state index in [1.54, 1.807) is 6.07 Å². The standard InChI is InChI=1S/C11H9F.C2H6/c1-8-5-6-9-3-2-4-11(12)10(9)7-8;1-2/h2-7H,1H3;1-2H3. The van der Waals surface area contributed by atoms with Gasteiger partial charge in [0.15, 0.2) is 0 Å². The summed E-state index contributed by atoms with van der Waals surface area (Å²) in [5, 5.41) is 1.66. The van der Waals surface area contributed by atoms with Gasteiger partial charge in [-0.2, -0.15) is 0 Å². The lowest BCUT2D eigenvalue weighted by molar-refractivity contribution is 0.640. The molecule has 0 aromatic heterocycles. The van der Waals surface area contributed by atoms with Crippen LogP contribution in [0, 0.1) is 12.7 Å². The van der Waals surface area contributed by atoms with Crippen LogP contribution >= 0.6 is 0 Å². The van der Waals surface area contributed by atoms with Gasteiger partial charge in [-0.25, -0.2) is 4.39 Å². The number of fused-ring (bicyclic) bond motifs is 1. The summed E-state index contributed by atoms with van der Waals surface area (Å²) >= 11 is 0. The number of benzene rings is 2. The quantitative estimate of drug-likeness (QED) is 0.580. The van der Waals surface area contributed by atoms with Crippen molar-refractivity contribution in [3.63, 3.8) is 0 Å². The Morgan fingerprint density at radius 3 is 2.43 bits per heavy atom. The number of aryl methyl sites for hydroxylation is 1. The second kappa shape index (κ2) is 4.75. The summed E-state index contributed by atoms with van der Waals surface area (Å²) in [7, 11) is 0. The molecule has 0 radical (unpaired) electrons. The maximum atomic E-state index is 13.2. The van der Waals surface area contributed by atoms with Crippen LogP contribution in [0.5, 0.6) is 0 Å². The number of rotatable bonds is 0. The Bertz CT molecular complexity index is 419. The van der Waals surface area contributed by atoms with Crippen molar-refractivity contribution >= 4 is 10.8 Å². The Balaban J connectivity index is 0.000000461. The Labute approximate surface area is 84.4 Å². The summed E-state index contributed by atoms with van der Waals surface area (Å²) in [6.07, 6.45) is 0. The Morgan fingerprint density at radius 1 is 1.00 bits per heavy atom. The first-order valence-corrected chi connectivity index (χ1v) is 4.92. The maximum absolute atomic E-state index is 13.2. The lowest BCUT2D eigenvalue weighted by Gasteiger charge is -1.99. The molecular weight excluding hydrogens is 175 g/mol. The van der Waals surface area contributed by atoms with Gasteiger partial charge in [0.2, 0.25) is 0 Å². The van der Waals surface area contributed by atoms with Gasteiger partial charge in [-0.1, -0.05) is 43.7 Å². The highest BCUT2D eigenvalue weighted by atomic mass is 19.1. The summed E-state index contributed by atoms with van der Waals surface area (Å²) < 4.78 is 13.2. The predicted octanol–water partition coefficient (Wildman–Crippen LogP) is 4.31. The summed E-state index contributed by atoms with van der Waals surface area (Å²) in [4.78, 5) is 0. The van der Waals surface area contributed by atoms with E-state index in [1.807, 2.05) is 45.0 Å². The number of halogens is 1. The average molecular weight is 190 g/mol. The van der Waals surface area contributed by atoms with E-state index in [4.69, 9.17) is 0 Å². The molecule has 0 heterocycles. The Morgan fingerprint density at radius 2 is 1.71 bits per heavy atom. The molecular formula is C13H15F. The first kappa shape index (κ1) is 10.7. The molecule has 0 nitrogen and oxygen atoms in total. The van der Waals surface area contributed by atoms with Crippen LogP contribution in [0.2, 0.25) is 0 Å². The third-order valence-electron chi connectivity index (χ3n) is 1.98. The van der Waals surface area contributed by atoms with Crippen molar-refractivity contribution in [2.24, 2.45) is 0 Å². The summed E-state index contributed by atoms with van der Waals surface area (Å²) in [5.74, 6) is -0.142. The predicted molar refractivity (Wildman–Crippen MR) is 60.0 cm³/mol. The monoisotopic (exact) mass is 190 g/mol. The molecule has 1 heteroatoms. The molecule has 0 aliphatic heterocycles. The lowest BCUT2D eigenvalue weighted by atomic mass is 10.1. The van der Waals surface area contributed by atoms with Crippen molar-refractivity contribution in [3.05, 3.63) is 47.8 Å². The fourth-order valence-electron chi connectivity index (χ4n) is 1.35. The van der Waals surface area contributed by atoms with Gasteiger partial charge in [0.1, 0.15) is 5.82 Å². The van der Waals surface area contributed by atoms with Crippen molar-refractivity contribution in [1.82, 2.24) is 0 Å².